The molecule has 136 valence electrons. The van der Waals surface area contributed by atoms with Gasteiger partial charge in [-0.15, -0.1) is 0 Å². The number of pyridine rings is 2. The fourth-order valence-corrected chi connectivity index (χ4v) is 2.80. The zero-order chi connectivity index (χ0) is 19.0. The molecular weight excluding hydrogens is 348 g/mol. The molecule has 27 heavy (non-hydrogen) atoms. The molecule has 0 fully saturated rings. The molecule has 4 aromatic rings. The summed E-state index contributed by atoms with van der Waals surface area (Å²) in [6, 6.07) is 8.66. The molecule has 0 saturated carbocycles. The van der Waals surface area contributed by atoms with Gasteiger partial charge in [-0.25, -0.2) is 9.97 Å². The Morgan fingerprint density at radius 2 is 2.11 bits per heavy atom. The number of rotatable bonds is 4. The lowest BCUT2D eigenvalue weighted by molar-refractivity contribution is 0.0994. The van der Waals surface area contributed by atoms with Crippen molar-refractivity contribution in [2.24, 2.45) is 0 Å². The Kier molecular flexibility index (Phi) is 4.08. The van der Waals surface area contributed by atoms with Gasteiger partial charge in [-0.3, -0.25) is 4.79 Å². The molecule has 0 aliphatic rings. The number of hydrogen-bond acceptors (Lipinski definition) is 7. The number of fused-ring (bicyclic) bond motifs is 1. The Morgan fingerprint density at radius 1 is 1.26 bits per heavy atom. The highest BCUT2D eigenvalue weighted by atomic mass is 16.5. The Labute approximate surface area is 154 Å². The maximum atomic E-state index is 13.2. The highest BCUT2D eigenvalue weighted by molar-refractivity contribution is 6.13. The van der Waals surface area contributed by atoms with Gasteiger partial charge < -0.3 is 18.6 Å². The third-order valence-electron chi connectivity index (χ3n) is 4.24. The minimum Gasteiger partial charge on any atom is -0.481 e. The molecular formula is C19H16N4O4. The van der Waals surface area contributed by atoms with E-state index in [1.54, 1.807) is 56.8 Å². The van der Waals surface area contributed by atoms with Gasteiger partial charge in [0.2, 0.25) is 5.88 Å². The molecule has 0 bridgehead atoms. The zero-order valence-electron chi connectivity index (χ0n) is 15.0. The van der Waals surface area contributed by atoms with Crippen molar-refractivity contribution < 1.29 is 18.5 Å². The fraction of sp³-hybridized carbons (Fsp3) is 0.158. The van der Waals surface area contributed by atoms with Gasteiger partial charge in [-0.2, -0.15) is 0 Å². The van der Waals surface area contributed by atoms with E-state index in [2.05, 4.69) is 15.1 Å². The molecule has 4 heterocycles. The van der Waals surface area contributed by atoms with E-state index in [1.807, 2.05) is 0 Å². The lowest BCUT2D eigenvalue weighted by Crippen LogP contribution is -2.26. The molecule has 0 aromatic carbocycles. The second-order valence-corrected chi connectivity index (χ2v) is 5.90. The number of ether oxygens (including phenoxy) is 1. The van der Waals surface area contributed by atoms with Crippen LogP contribution in [0.4, 0.5) is 5.69 Å². The van der Waals surface area contributed by atoms with E-state index >= 15 is 0 Å². The summed E-state index contributed by atoms with van der Waals surface area (Å²) in [5.41, 5.74) is 2.41. The van der Waals surface area contributed by atoms with Crippen LogP contribution in [0.1, 0.15) is 16.1 Å². The number of anilines is 1. The van der Waals surface area contributed by atoms with Gasteiger partial charge in [0.05, 0.1) is 41.9 Å². The number of aromatic nitrogens is 3. The maximum absolute atomic E-state index is 13.2. The molecule has 0 N–H and O–H groups in total. The predicted octanol–water partition coefficient (Wildman–Crippen LogP) is 3.47. The van der Waals surface area contributed by atoms with Crippen LogP contribution in [-0.2, 0) is 0 Å². The van der Waals surface area contributed by atoms with Crippen LogP contribution >= 0.6 is 0 Å². The Morgan fingerprint density at radius 3 is 2.78 bits per heavy atom. The second kappa shape index (κ2) is 6.56. The fourth-order valence-electron chi connectivity index (χ4n) is 2.80. The van der Waals surface area contributed by atoms with Crippen LogP contribution in [0.3, 0.4) is 0 Å². The van der Waals surface area contributed by atoms with E-state index in [0.717, 1.165) is 0 Å². The van der Waals surface area contributed by atoms with Gasteiger partial charge >= 0.3 is 0 Å². The summed E-state index contributed by atoms with van der Waals surface area (Å²) in [6.45, 7) is 1.77. The highest BCUT2D eigenvalue weighted by Gasteiger charge is 2.23. The third kappa shape index (κ3) is 2.91. The van der Waals surface area contributed by atoms with Crippen molar-refractivity contribution in [1.29, 1.82) is 0 Å². The molecule has 0 radical (unpaired) electrons. The number of hydrogen-bond donors (Lipinski definition) is 0. The molecule has 0 aliphatic carbocycles. The van der Waals surface area contributed by atoms with E-state index in [4.69, 9.17) is 13.7 Å². The largest absolute Gasteiger partial charge is 0.481 e. The number of nitrogens with zero attached hydrogens (tertiary/aromatic N) is 4. The average Bonchev–Trinajstić information content (AvgIpc) is 3.37. The van der Waals surface area contributed by atoms with E-state index < -0.39 is 0 Å². The standard InChI is InChI=1S/C19H16N4O4/c1-11-17-13(19(24)23(2)12-6-7-16(25-3)20-10-12)9-14(15-5-4-8-26-15)21-18(17)27-22-11/h4-10H,1-3H3. The number of carbonyl (C=O) groups is 1. The summed E-state index contributed by atoms with van der Waals surface area (Å²) in [6.07, 6.45) is 3.12. The van der Waals surface area contributed by atoms with Gasteiger partial charge in [0.25, 0.3) is 11.6 Å². The minimum absolute atomic E-state index is 0.242. The number of amides is 1. The third-order valence-corrected chi connectivity index (χ3v) is 4.24. The molecule has 8 heteroatoms. The first-order chi connectivity index (χ1) is 13.1. The van der Waals surface area contributed by atoms with Crippen LogP contribution in [0.25, 0.3) is 22.6 Å². The predicted molar refractivity (Wildman–Crippen MR) is 97.8 cm³/mol. The number of methoxy groups -OCH3 is 1. The van der Waals surface area contributed by atoms with Crippen molar-refractivity contribution in [3.63, 3.8) is 0 Å². The van der Waals surface area contributed by atoms with E-state index in [1.165, 1.54) is 12.0 Å². The second-order valence-electron chi connectivity index (χ2n) is 5.90. The van der Waals surface area contributed by atoms with Crippen molar-refractivity contribution in [3.8, 4) is 17.3 Å². The van der Waals surface area contributed by atoms with Crippen LogP contribution in [0.2, 0.25) is 0 Å². The summed E-state index contributed by atoms with van der Waals surface area (Å²) in [4.78, 5) is 23.3. The summed E-state index contributed by atoms with van der Waals surface area (Å²) in [5.74, 6) is 0.767. The van der Waals surface area contributed by atoms with Crippen molar-refractivity contribution >= 4 is 22.7 Å². The Balaban J connectivity index is 1.81. The van der Waals surface area contributed by atoms with Crippen molar-refractivity contribution in [2.75, 3.05) is 19.1 Å². The van der Waals surface area contributed by atoms with Crippen LogP contribution in [0.15, 0.2) is 51.7 Å². The summed E-state index contributed by atoms with van der Waals surface area (Å²) in [5, 5.41) is 4.52. The van der Waals surface area contributed by atoms with E-state index in [9.17, 15) is 4.79 Å². The molecule has 0 saturated heterocycles. The van der Waals surface area contributed by atoms with Gasteiger partial charge in [0.15, 0.2) is 5.76 Å². The number of carbonyl (C=O) groups excluding carboxylic acids is 1. The minimum atomic E-state index is -0.242. The average molecular weight is 364 g/mol. The van der Waals surface area contributed by atoms with Crippen LogP contribution in [0, 0.1) is 6.92 Å². The summed E-state index contributed by atoms with van der Waals surface area (Å²) in [7, 11) is 3.21. The van der Waals surface area contributed by atoms with Gasteiger partial charge in [-0.1, -0.05) is 5.16 Å². The quantitative estimate of drug-likeness (QED) is 0.547. The lowest BCUT2D eigenvalue weighted by atomic mass is 10.1. The van der Waals surface area contributed by atoms with Gasteiger partial charge in [0.1, 0.15) is 5.69 Å². The monoisotopic (exact) mass is 364 g/mol. The number of aryl methyl sites for hydroxylation is 1. The Bertz CT molecular complexity index is 1100. The topological polar surface area (TPSA) is 94.5 Å². The number of furan rings is 1. The Hall–Kier alpha value is -3.68. The van der Waals surface area contributed by atoms with Crippen LogP contribution in [-0.4, -0.2) is 35.2 Å². The molecule has 0 atom stereocenters. The smallest absolute Gasteiger partial charge is 0.259 e. The van der Waals surface area contributed by atoms with Crippen molar-refractivity contribution in [2.45, 2.75) is 6.92 Å². The van der Waals surface area contributed by atoms with Crippen LogP contribution < -0.4 is 9.64 Å². The van der Waals surface area contributed by atoms with Gasteiger partial charge in [-0.05, 0) is 31.2 Å². The molecule has 4 rings (SSSR count). The van der Waals surface area contributed by atoms with Gasteiger partial charge in [0, 0.05) is 13.1 Å². The summed E-state index contributed by atoms with van der Waals surface area (Å²) >= 11 is 0. The molecule has 0 unspecified atom stereocenters. The SMILES string of the molecule is COc1ccc(N(C)C(=O)c2cc(-c3ccco3)nc3onc(C)c23)cn1. The normalized spacial score (nSPS) is 10.9. The van der Waals surface area contributed by atoms with E-state index in [0.29, 0.717) is 39.7 Å². The van der Waals surface area contributed by atoms with Crippen LogP contribution in [0.5, 0.6) is 5.88 Å². The maximum Gasteiger partial charge on any atom is 0.259 e. The highest BCUT2D eigenvalue weighted by Crippen LogP contribution is 2.29. The van der Waals surface area contributed by atoms with E-state index in [-0.39, 0.29) is 11.6 Å². The molecule has 0 aliphatic heterocycles. The lowest BCUT2D eigenvalue weighted by Gasteiger charge is -2.18. The van der Waals surface area contributed by atoms with Crippen molar-refractivity contribution in [1.82, 2.24) is 15.1 Å². The first-order valence-corrected chi connectivity index (χ1v) is 8.17. The first kappa shape index (κ1) is 16.8. The molecule has 1 amide bonds. The zero-order valence-corrected chi connectivity index (χ0v) is 15.0. The molecule has 8 nitrogen and oxygen atoms in total. The molecule has 0 spiro atoms. The first-order valence-electron chi connectivity index (χ1n) is 8.17. The molecule has 4 aromatic heterocycles. The summed E-state index contributed by atoms with van der Waals surface area (Å²) < 4.78 is 15.8. The van der Waals surface area contributed by atoms with Crippen molar-refractivity contribution in [3.05, 3.63) is 54.0 Å².